The van der Waals surface area contributed by atoms with Crippen molar-refractivity contribution in [2.45, 2.75) is 6.61 Å². The molecule has 0 aliphatic carbocycles. The molecule has 0 saturated carbocycles. The first kappa shape index (κ1) is 14.4. The molecule has 0 spiro atoms. The molecule has 0 heterocycles. The number of phenolic OH excluding ortho intramolecular Hbond substituents is 1. The van der Waals surface area contributed by atoms with Crippen LogP contribution in [0.2, 0.25) is 0 Å². The van der Waals surface area contributed by atoms with Crippen LogP contribution in [0.15, 0.2) is 40.9 Å². The first-order valence-electron chi connectivity index (χ1n) is 5.88. The monoisotopic (exact) mass is 336 g/mol. The zero-order valence-corrected chi connectivity index (χ0v) is 12.4. The van der Waals surface area contributed by atoms with Crippen LogP contribution in [-0.4, -0.2) is 18.5 Å². The number of phenols is 1. The minimum atomic E-state index is -0.138. The van der Waals surface area contributed by atoms with E-state index in [1.54, 1.807) is 0 Å². The highest BCUT2D eigenvalue weighted by Crippen LogP contribution is 2.44. The van der Waals surface area contributed by atoms with Crippen molar-refractivity contribution in [3.63, 3.8) is 0 Å². The topological polar surface area (TPSA) is 55.8 Å². The van der Waals surface area contributed by atoms with Crippen molar-refractivity contribution in [3.8, 4) is 17.2 Å². The van der Waals surface area contributed by atoms with Crippen LogP contribution in [0, 0.1) is 0 Å². The van der Waals surface area contributed by atoms with Crippen molar-refractivity contribution < 1.29 is 19.4 Å². The molecular weight excluding hydrogens is 324 g/mol. The molecule has 20 heavy (non-hydrogen) atoms. The van der Waals surface area contributed by atoms with E-state index in [9.17, 15) is 9.90 Å². The van der Waals surface area contributed by atoms with E-state index in [0.717, 1.165) is 5.56 Å². The van der Waals surface area contributed by atoms with Crippen LogP contribution in [0.1, 0.15) is 15.9 Å². The average Bonchev–Trinajstić information content (AvgIpc) is 2.48. The van der Waals surface area contributed by atoms with Gasteiger partial charge in [0.25, 0.3) is 0 Å². The van der Waals surface area contributed by atoms with Crippen molar-refractivity contribution in [3.05, 3.63) is 52.0 Å². The number of aromatic hydroxyl groups is 1. The summed E-state index contributed by atoms with van der Waals surface area (Å²) >= 11 is 3.29. The fourth-order valence-electron chi connectivity index (χ4n) is 1.76. The zero-order valence-electron chi connectivity index (χ0n) is 10.8. The van der Waals surface area contributed by atoms with E-state index in [1.165, 1.54) is 13.2 Å². The Morgan fingerprint density at radius 3 is 2.55 bits per heavy atom. The lowest BCUT2D eigenvalue weighted by Gasteiger charge is -2.15. The molecule has 0 aliphatic heterocycles. The molecule has 2 aromatic carbocycles. The Balaban J connectivity index is 2.34. The van der Waals surface area contributed by atoms with Crippen LogP contribution in [-0.2, 0) is 6.61 Å². The molecule has 0 atom stereocenters. The number of carbonyl (C=O) groups excluding carboxylic acids is 1. The maximum absolute atomic E-state index is 11.0. The summed E-state index contributed by atoms with van der Waals surface area (Å²) < 4.78 is 11.3. The van der Waals surface area contributed by atoms with Gasteiger partial charge in [-0.05, 0) is 27.6 Å². The van der Waals surface area contributed by atoms with Gasteiger partial charge in [0.2, 0.25) is 5.75 Å². The zero-order chi connectivity index (χ0) is 14.5. The Morgan fingerprint density at radius 1 is 1.25 bits per heavy atom. The fourth-order valence-corrected chi connectivity index (χ4v) is 2.27. The van der Waals surface area contributed by atoms with Gasteiger partial charge in [-0.25, -0.2) is 0 Å². The highest BCUT2D eigenvalue weighted by molar-refractivity contribution is 9.10. The summed E-state index contributed by atoms with van der Waals surface area (Å²) in [5.74, 6) is 0.359. The minimum Gasteiger partial charge on any atom is -0.504 e. The molecular formula is C15H13BrO4. The Kier molecular flexibility index (Phi) is 4.63. The summed E-state index contributed by atoms with van der Waals surface area (Å²) in [6, 6.07) is 10.9. The number of carbonyl (C=O) groups is 1. The van der Waals surface area contributed by atoms with Crippen LogP contribution in [0.4, 0.5) is 0 Å². The van der Waals surface area contributed by atoms with Crippen LogP contribution in [0.5, 0.6) is 17.2 Å². The summed E-state index contributed by atoms with van der Waals surface area (Å²) in [5.41, 5.74) is 1.27. The van der Waals surface area contributed by atoms with Crippen molar-refractivity contribution in [2.24, 2.45) is 0 Å². The molecule has 0 radical (unpaired) electrons. The third-order valence-electron chi connectivity index (χ3n) is 2.74. The van der Waals surface area contributed by atoms with E-state index >= 15 is 0 Å². The van der Waals surface area contributed by atoms with Gasteiger partial charge in [-0.3, -0.25) is 4.79 Å². The highest BCUT2D eigenvalue weighted by atomic mass is 79.9. The number of hydrogen-bond donors (Lipinski definition) is 1. The van der Waals surface area contributed by atoms with Crippen LogP contribution in [0.3, 0.4) is 0 Å². The summed E-state index contributed by atoms with van der Waals surface area (Å²) in [7, 11) is 1.43. The van der Waals surface area contributed by atoms with E-state index in [2.05, 4.69) is 15.9 Å². The summed E-state index contributed by atoms with van der Waals surface area (Å²) in [6.07, 6.45) is 0.638. The number of methoxy groups -OCH3 is 1. The Labute approximate surface area is 125 Å². The standard InChI is InChI=1S/C15H13BrO4/c1-19-14-12(18)7-11(8-17)13(16)15(14)20-9-10-5-3-2-4-6-10/h2-8,18H,9H2,1H3. The normalized spacial score (nSPS) is 10.1. The molecule has 0 bridgehead atoms. The Hall–Kier alpha value is -2.01. The van der Waals surface area contributed by atoms with Crippen LogP contribution in [0.25, 0.3) is 0 Å². The molecule has 2 aromatic rings. The van der Waals surface area contributed by atoms with E-state index < -0.39 is 0 Å². The van der Waals surface area contributed by atoms with Crippen molar-refractivity contribution in [1.29, 1.82) is 0 Å². The lowest BCUT2D eigenvalue weighted by molar-refractivity contribution is 0.112. The van der Waals surface area contributed by atoms with Crippen LogP contribution >= 0.6 is 15.9 Å². The molecule has 0 fully saturated rings. The molecule has 5 heteroatoms. The maximum atomic E-state index is 11.0. The highest BCUT2D eigenvalue weighted by Gasteiger charge is 2.18. The van der Waals surface area contributed by atoms with Gasteiger partial charge in [-0.2, -0.15) is 0 Å². The molecule has 104 valence electrons. The molecule has 0 amide bonds. The number of hydrogen-bond acceptors (Lipinski definition) is 4. The molecule has 0 unspecified atom stereocenters. The van der Waals surface area contributed by atoms with Gasteiger partial charge in [0, 0.05) is 5.56 Å². The van der Waals surface area contributed by atoms with Gasteiger partial charge in [-0.15, -0.1) is 0 Å². The van der Waals surface area contributed by atoms with Crippen molar-refractivity contribution >= 4 is 22.2 Å². The number of aldehydes is 1. The summed E-state index contributed by atoms with van der Waals surface area (Å²) in [4.78, 5) is 11.0. The van der Waals surface area contributed by atoms with Gasteiger partial charge in [0.05, 0.1) is 11.6 Å². The predicted octanol–water partition coefficient (Wildman–Crippen LogP) is 3.55. The third-order valence-corrected chi connectivity index (χ3v) is 3.56. The van der Waals surface area contributed by atoms with Gasteiger partial charge in [0.1, 0.15) is 6.61 Å². The predicted molar refractivity (Wildman–Crippen MR) is 78.5 cm³/mol. The quantitative estimate of drug-likeness (QED) is 0.848. The molecule has 0 aliphatic rings. The van der Waals surface area contributed by atoms with E-state index in [4.69, 9.17) is 9.47 Å². The Bertz CT molecular complexity index is 611. The molecule has 0 aromatic heterocycles. The smallest absolute Gasteiger partial charge is 0.204 e. The van der Waals surface area contributed by atoms with Crippen molar-refractivity contribution in [2.75, 3.05) is 7.11 Å². The van der Waals surface area contributed by atoms with Gasteiger partial charge in [-0.1, -0.05) is 30.3 Å². The number of benzene rings is 2. The first-order chi connectivity index (χ1) is 9.67. The maximum Gasteiger partial charge on any atom is 0.204 e. The second-order valence-corrected chi connectivity index (χ2v) is 4.85. The number of ether oxygens (including phenoxy) is 2. The summed E-state index contributed by atoms with van der Waals surface area (Å²) in [5, 5.41) is 9.84. The first-order valence-corrected chi connectivity index (χ1v) is 6.68. The second kappa shape index (κ2) is 6.43. The molecule has 2 rings (SSSR count). The molecule has 0 saturated heterocycles. The number of rotatable bonds is 5. The number of halogens is 1. The SMILES string of the molecule is COc1c(O)cc(C=O)c(Br)c1OCc1ccccc1. The van der Waals surface area contributed by atoms with Crippen molar-refractivity contribution in [1.82, 2.24) is 0 Å². The third kappa shape index (κ3) is 2.93. The molecule has 4 nitrogen and oxygen atoms in total. The van der Waals surface area contributed by atoms with Crippen LogP contribution < -0.4 is 9.47 Å². The van der Waals surface area contributed by atoms with E-state index in [1.807, 2.05) is 30.3 Å². The van der Waals surface area contributed by atoms with Gasteiger partial charge in [0.15, 0.2) is 17.8 Å². The van der Waals surface area contributed by atoms with E-state index in [0.29, 0.717) is 28.7 Å². The Morgan fingerprint density at radius 2 is 1.95 bits per heavy atom. The van der Waals surface area contributed by atoms with Gasteiger partial charge < -0.3 is 14.6 Å². The molecule has 1 N–H and O–H groups in total. The lowest BCUT2D eigenvalue weighted by atomic mass is 10.2. The average molecular weight is 337 g/mol. The van der Waals surface area contributed by atoms with E-state index in [-0.39, 0.29) is 11.5 Å². The lowest BCUT2D eigenvalue weighted by Crippen LogP contribution is -2.00. The van der Waals surface area contributed by atoms with Gasteiger partial charge >= 0.3 is 0 Å². The summed E-state index contributed by atoms with van der Waals surface area (Å²) in [6.45, 7) is 0.303. The minimum absolute atomic E-state index is 0.138. The largest absolute Gasteiger partial charge is 0.504 e. The second-order valence-electron chi connectivity index (χ2n) is 4.05. The fraction of sp³-hybridized carbons (Fsp3) is 0.133.